The third kappa shape index (κ3) is 5.26. The van der Waals surface area contributed by atoms with Crippen LogP contribution in [0.5, 0.6) is 0 Å². The van der Waals surface area contributed by atoms with Gasteiger partial charge >= 0.3 is 0 Å². The van der Waals surface area contributed by atoms with Crippen LogP contribution in [-0.4, -0.2) is 78.3 Å². The number of hydrogen-bond donors (Lipinski definition) is 4. The van der Waals surface area contributed by atoms with Gasteiger partial charge in [0.1, 0.15) is 0 Å². The van der Waals surface area contributed by atoms with Crippen LogP contribution in [0.15, 0.2) is 0 Å². The van der Waals surface area contributed by atoms with Crippen molar-refractivity contribution in [2.75, 3.05) is 34.2 Å². The molecule has 36 heavy (non-hydrogen) atoms. The van der Waals surface area contributed by atoms with E-state index in [1.165, 1.54) is 0 Å². The minimum atomic E-state index is -0.363. The molecular weight excluding hydrogens is 452 g/mol. The van der Waals surface area contributed by atoms with Gasteiger partial charge in [-0.25, -0.2) is 0 Å². The SMILES string of the molecule is C[C@H](CCC(=O)NCCC[N+](C)(C)C)[C@H]1CCC2C3C(O)CC4C[C@H](O)CC[C@]4(C)C3C[C@H](O)[C@@]21C. The number of carbonyl (C=O) groups excluding carboxylic acids is 1. The summed E-state index contributed by atoms with van der Waals surface area (Å²) < 4.78 is 0.912. The predicted molar refractivity (Wildman–Crippen MR) is 143 cm³/mol. The summed E-state index contributed by atoms with van der Waals surface area (Å²) in [4.78, 5) is 12.5. The lowest BCUT2D eigenvalue weighted by molar-refractivity contribution is -0.870. The number of quaternary nitrogens is 1. The maximum atomic E-state index is 12.5. The van der Waals surface area contributed by atoms with Gasteiger partial charge in [-0.3, -0.25) is 4.79 Å². The van der Waals surface area contributed by atoms with Crippen LogP contribution in [0, 0.1) is 46.3 Å². The fourth-order valence-corrected chi connectivity index (χ4v) is 9.56. The number of aliphatic hydroxyl groups excluding tert-OH is 3. The van der Waals surface area contributed by atoms with Crippen molar-refractivity contribution in [1.29, 1.82) is 0 Å². The fraction of sp³-hybridized carbons (Fsp3) is 0.967. The Kier molecular flexibility index (Phi) is 8.23. The molecule has 4 aliphatic carbocycles. The molecule has 4 aliphatic rings. The number of aliphatic hydroxyl groups is 3. The minimum Gasteiger partial charge on any atom is -0.393 e. The van der Waals surface area contributed by atoms with Gasteiger partial charge in [-0.05, 0) is 97.7 Å². The van der Waals surface area contributed by atoms with E-state index in [1.807, 2.05) is 0 Å². The number of nitrogens with zero attached hydrogens (tertiary/aromatic N) is 1. The second kappa shape index (κ2) is 10.5. The number of amides is 1. The number of rotatable bonds is 8. The Labute approximate surface area is 219 Å². The molecule has 6 nitrogen and oxygen atoms in total. The molecule has 1 amide bonds. The zero-order chi connectivity index (χ0) is 26.5. The molecule has 0 aromatic rings. The second-order valence-corrected chi connectivity index (χ2v) is 14.8. The molecule has 208 valence electrons. The van der Waals surface area contributed by atoms with Crippen molar-refractivity contribution in [3.05, 3.63) is 0 Å². The summed E-state index contributed by atoms with van der Waals surface area (Å²) in [6.07, 6.45) is 7.84. The molecular formula is C30H55N2O4+. The highest BCUT2D eigenvalue weighted by atomic mass is 16.3. The number of carbonyl (C=O) groups is 1. The van der Waals surface area contributed by atoms with E-state index in [2.05, 4.69) is 47.2 Å². The van der Waals surface area contributed by atoms with Crippen molar-refractivity contribution in [3.8, 4) is 0 Å². The third-order valence-electron chi connectivity index (χ3n) is 11.7. The molecule has 0 saturated heterocycles. The van der Waals surface area contributed by atoms with Crippen molar-refractivity contribution in [1.82, 2.24) is 5.32 Å². The highest BCUT2D eigenvalue weighted by Gasteiger charge is 2.65. The van der Waals surface area contributed by atoms with Crippen molar-refractivity contribution in [2.45, 2.75) is 103 Å². The van der Waals surface area contributed by atoms with E-state index in [0.717, 1.165) is 75.4 Å². The molecule has 6 heteroatoms. The second-order valence-electron chi connectivity index (χ2n) is 14.8. The minimum absolute atomic E-state index is 0.110. The van der Waals surface area contributed by atoms with Gasteiger partial charge in [-0.1, -0.05) is 20.8 Å². The normalized spacial score (nSPS) is 45.4. The van der Waals surface area contributed by atoms with Gasteiger partial charge in [0.05, 0.1) is 46.0 Å². The smallest absolute Gasteiger partial charge is 0.220 e. The standard InChI is InChI=1S/C30H54N2O4/c1-19(8-11-27(36)31-14-7-15-32(4,5)6)22-9-10-23-28-24(18-26(35)30(22,23)3)29(2)13-12-21(33)16-20(29)17-25(28)34/h19-26,28,33-35H,7-18H2,1-6H3/p+1/t19-,20?,21-,22-,23?,24?,25?,26+,28?,29+,30-/m1/s1. The highest BCUT2D eigenvalue weighted by molar-refractivity contribution is 5.75. The zero-order valence-corrected chi connectivity index (χ0v) is 23.9. The van der Waals surface area contributed by atoms with Gasteiger partial charge in [0.25, 0.3) is 0 Å². The van der Waals surface area contributed by atoms with Gasteiger partial charge in [0.2, 0.25) is 5.91 Å². The first-order chi connectivity index (χ1) is 16.8. The summed E-state index contributed by atoms with van der Waals surface area (Å²) in [6, 6.07) is 0. The van der Waals surface area contributed by atoms with E-state index in [-0.39, 0.29) is 41.0 Å². The van der Waals surface area contributed by atoms with Gasteiger partial charge in [-0.2, -0.15) is 0 Å². The first kappa shape index (κ1) is 28.3. The summed E-state index contributed by atoms with van der Waals surface area (Å²) >= 11 is 0. The average molecular weight is 508 g/mol. The summed E-state index contributed by atoms with van der Waals surface area (Å²) in [5.74, 6) is 2.17. The molecule has 0 radical (unpaired) electrons. The van der Waals surface area contributed by atoms with Crippen LogP contribution < -0.4 is 5.32 Å². The van der Waals surface area contributed by atoms with E-state index < -0.39 is 0 Å². The summed E-state index contributed by atoms with van der Waals surface area (Å²) in [5.41, 5.74) is -0.0842. The Morgan fingerprint density at radius 2 is 1.75 bits per heavy atom. The van der Waals surface area contributed by atoms with Crippen LogP contribution in [0.25, 0.3) is 0 Å². The highest BCUT2D eigenvalue weighted by Crippen LogP contribution is 2.68. The van der Waals surface area contributed by atoms with Crippen molar-refractivity contribution >= 4 is 5.91 Å². The lowest BCUT2D eigenvalue weighted by atomic mass is 9.43. The van der Waals surface area contributed by atoms with Crippen LogP contribution in [0.4, 0.5) is 0 Å². The van der Waals surface area contributed by atoms with E-state index in [4.69, 9.17) is 0 Å². The van der Waals surface area contributed by atoms with Gasteiger partial charge in [-0.15, -0.1) is 0 Å². The van der Waals surface area contributed by atoms with E-state index in [0.29, 0.717) is 36.0 Å². The lowest BCUT2D eigenvalue weighted by Gasteiger charge is -2.63. The van der Waals surface area contributed by atoms with Crippen LogP contribution in [0.3, 0.4) is 0 Å². The zero-order valence-electron chi connectivity index (χ0n) is 23.9. The van der Waals surface area contributed by atoms with E-state index in [9.17, 15) is 20.1 Å². The number of fused-ring (bicyclic) bond motifs is 5. The Bertz CT molecular complexity index is 783. The van der Waals surface area contributed by atoms with Crippen molar-refractivity contribution in [2.24, 2.45) is 46.3 Å². The molecule has 4 fully saturated rings. The van der Waals surface area contributed by atoms with Gasteiger partial charge in [0.15, 0.2) is 0 Å². The molecule has 11 atom stereocenters. The van der Waals surface area contributed by atoms with E-state index >= 15 is 0 Å². The Balaban J connectivity index is 1.39. The Morgan fingerprint density at radius 1 is 1.03 bits per heavy atom. The Morgan fingerprint density at radius 3 is 2.44 bits per heavy atom. The lowest BCUT2D eigenvalue weighted by Crippen LogP contribution is -2.62. The summed E-state index contributed by atoms with van der Waals surface area (Å²) in [7, 11) is 6.52. The molecule has 0 aliphatic heterocycles. The van der Waals surface area contributed by atoms with Crippen LogP contribution >= 0.6 is 0 Å². The topological polar surface area (TPSA) is 89.8 Å². The quantitative estimate of drug-likeness (QED) is 0.299. The average Bonchev–Trinajstić information content (AvgIpc) is 3.15. The summed E-state index contributed by atoms with van der Waals surface area (Å²) in [6.45, 7) is 8.74. The first-order valence-electron chi connectivity index (χ1n) is 14.9. The fourth-order valence-electron chi connectivity index (χ4n) is 9.56. The molecule has 5 unspecified atom stereocenters. The molecule has 0 spiro atoms. The molecule has 4 saturated carbocycles. The van der Waals surface area contributed by atoms with Gasteiger partial charge in [0, 0.05) is 19.4 Å². The molecule has 4 N–H and O–H groups in total. The molecule has 0 aromatic heterocycles. The maximum absolute atomic E-state index is 12.5. The number of hydrogen-bond acceptors (Lipinski definition) is 4. The molecule has 0 bridgehead atoms. The van der Waals surface area contributed by atoms with Gasteiger partial charge < -0.3 is 25.1 Å². The largest absolute Gasteiger partial charge is 0.393 e. The van der Waals surface area contributed by atoms with Crippen molar-refractivity contribution < 1.29 is 24.6 Å². The van der Waals surface area contributed by atoms with Crippen LogP contribution in [0.2, 0.25) is 0 Å². The van der Waals surface area contributed by atoms with E-state index in [1.54, 1.807) is 0 Å². The molecule has 0 aromatic carbocycles. The van der Waals surface area contributed by atoms with Crippen molar-refractivity contribution in [3.63, 3.8) is 0 Å². The maximum Gasteiger partial charge on any atom is 0.220 e. The predicted octanol–water partition coefficient (Wildman–Crippen LogP) is 3.58. The number of nitrogens with one attached hydrogen (secondary N) is 1. The monoisotopic (exact) mass is 507 g/mol. The summed E-state index contributed by atoms with van der Waals surface area (Å²) in [5, 5.41) is 36.6. The first-order valence-corrected chi connectivity index (χ1v) is 14.9. The molecule has 4 rings (SSSR count). The van der Waals surface area contributed by atoms with Crippen LogP contribution in [-0.2, 0) is 4.79 Å². The van der Waals surface area contributed by atoms with Crippen LogP contribution in [0.1, 0.15) is 85.0 Å². The third-order valence-corrected chi connectivity index (χ3v) is 11.7. The molecule has 0 heterocycles. The Hall–Kier alpha value is -0.690.